The minimum absolute atomic E-state index is 0.0899. The molecule has 1 amide bonds. The van der Waals surface area contributed by atoms with E-state index in [0.29, 0.717) is 13.2 Å². The number of fused-ring (bicyclic) bond motifs is 2. The van der Waals surface area contributed by atoms with Crippen molar-refractivity contribution in [3.05, 3.63) is 83.4 Å². The number of hydrogen-bond acceptors (Lipinski definition) is 6. The van der Waals surface area contributed by atoms with E-state index < -0.39 is 25.7 Å². The molecule has 2 heterocycles. The first-order chi connectivity index (χ1) is 18.3. The van der Waals surface area contributed by atoms with Crippen LogP contribution < -0.4 is 9.64 Å². The number of sulfone groups is 1. The summed E-state index contributed by atoms with van der Waals surface area (Å²) < 4.78 is 55.8. The van der Waals surface area contributed by atoms with Gasteiger partial charge in [-0.2, -0.15) is 10.6 Å². The molecule has 202 valence electrons. The van der Waals surface area contributed by atoms with Gasteiger partial charge in [0.15, 0.2) is 9.84 Å². The van der Waals surface area contributed by atoms with E-state index in [1.807, 2.05) is 24.3 Å². The highest BCUT2D eigenvalue weighted by molar-refractivity contribution is 8.25. The average Bonchev–Trinajstić information content (AvgIpc) is 3.47. The van der Waals surface area contributed by atoms with Gasteiger partial charge in [-0.15, -0.1) is 0 Å². The fourth-order valence-corrected chi connectivity index (χ4v) is 9.71. The number of carbonyl (C=O) groups excluding carboxylic acids is 1. The predicted molar refractivity (Wildman–Crippen MR) is 150 cm³/mol. The van der Waals surface area contributed by atoms with Crippen LogP contribution in [0.2, 0.25) is 0 Å². The van der Waals surface area contributed by atoms with E-state index in [1.54, 1.807) is 29.2 Å². The fraction of sp³-hybridized carbons (Fsp3) is 0.345. The van der Waals surface area contributed by atoms with Crippen molar-refractivity contribution >= 4 is 32.0 Å². The first kappa shape index (κ1) is 26.7. The second kappa shape index (κ2) is 10.7. The molecule has 5 rings (SSSR count). The molecular formula is C29H33NO6S2. The number of benzene rings is 3. The Balaban J connectivity index is 1.62. The normalized spacial score (nSPS) is 18.6. The van der Waals surface area contributed by atoms with Crippen LogP contribution in [0.15, 0.2) is 76.5 Å². The summed E-state index contributed by atoms with van der Waals surface area (Å²) in [5.74, 6) is -0.508. The van der Waals surface area contributed by atoms with Crippen LogP contribution in [-0.4, -0.2) is 42.3 Å². The minimum atomic E-state index is -4.00. The molecule has 0 fully saturated rings. The van der Waals surface area contributed by atoms with Crippen LogP contribution in [0, 0.1) is 0 Å². The highest BCUT2D eigenvalue weighted by atomic mass is 32.3. The van der Waals surface area contributed by atoms with Crippen LogP contribution in [0.25, 0.3) is 0 Å². The molecule has 0 saturated carbocycles. The van der Waals surface area contributed by atoms with Crippen molar-refractivity contribution in [2.45, 2.75) is 54.1 Å². The molecule has 0 radical (unpaired) electrons. The molecule has 0 bridgehead atoms. The molecule has 3 aromatic rings. The topological polar surface area (TPSA) is 104 Å². The molecule has 1 unspecified atom stereocenters. The number of rotatable bonds is 9. The Morgan fingerprint density at radius 1 is 1.00 bits per heavy atom. The minimum Gasteiger partial charge on any atom is -0.492 e. The Morgan fingerprint density at radius 3 is 2.50 bits per heavy atom. The summed E-state index contributed by atoms with van der Waals surface area (Å²) in [6.07, 6.45) is 4.50. The average molecular weight is 556 g/mol. The van der Waals surface area contributed by atoms with E-state index in [0.717, 1.165) is 43.4 Å². The van der Waals surface area contributed by atoms with Gasteiger partial charge >= 0.3 is 0 Å². The van der Waals surface area contributed by atoms with Gasteiger partial charge in [0.1, 0.15) is 11.0 Å². The summed E-state index contributed by atoms with van der Waals surface area (Å²) in [6.45, 7) is 2.91. The van der Waals surface area contributed by atoms with Gasteiger partial charge in [0.05, 0.1) is 27.7 Å². The molecule has 1 atom stereocenters. The predicted octanol–water partition coefficient (Wildman–Crippen LogP) is 6.49. The Hall–Kier alpha value is -2.85. The van der Waals surface area contributed by atoms with Crippen molar-refractivity contribution in [1.29, 1.82) is 0 Å². The number of carbonyl (C=O) groups is 1. The zero-order valence-corrected chi connectivity index (χ0v) is 23.0. The van der Waals surface area contributed by atoms with Crippen LogP contribution in [0.5, 0.6) is 5.75 Å². The smallest absolute Gasteiger partial charge is 0.262 e. The summed E-state index contributed by atoms with van der Waals surface area (Å²) >= 11 is 0. The van der Waals surface area contributed by atoms with Gasteiger partial charge in [-0.3, -0.25) is 13.9 Å². The maximum absolute atomic E-state index is 13.9. The Morgan fingerprint density at radius 2 is 1.74 bits per heavy atom. The Bertz CT molecular complexity index is 1440. The second-order valence-corrected chi connectivity index (χ2v) is 14.0. The largest absolute Gasteiger partial charge is 0.492 e. The zero-order valence-electron chi connectivity index (χ0n) is 21.4. The molecule has 2 aliphatic heterocycles. The number of hydrogen-bond donors (Lipinski definition) is 2. The fourth-order valence-electron chi connectivity index (χ4n) is 5.30. The molecule has 38 heavy (non-hydrogen) atoms. The van der Waals surface area contributed by atoms with Crippen molar-refractivity contribution in [2.24, 2.45) is 0 Å². The van der Waals surface area contributed by atoms with Crippen LogP contribution in [0.1, 0.15) is 59.3 Å². The molecule has 9 heteroatoms. The standard InChI is InChI=1S/C29H33NO6S2/c1-2-3-4-10-19-36-28-23(29(31)30-18-17-21-11-8-9-14-24(21)30)15-16-25-27(28)26(20-37(25,32)33)38(34,35)22-12-6-5-7-13-22/h5-9,11-16,26,32-33H,2-4,10,17-20H2,1H3. The molecule has 7 nitrogen and oxygen atoms in total. The number of anilines is 1. The highest BCUT2D eigenvalue weighted by Gasteiger charge is 2.46. The van der Waals surface area contributed by atoms with E-state index in [1.165, 1.54) is 18.2 Å². The number of unbranched alkanes of at least 4 members (excludes halogenated alkanes) is 3. The molecule has 2 N–H and O–H groups in total. The first-order valence-electron chi connectivity index (χ1n) is 13.0. The van der Waals surface area contributed by atoms with Gasteiger partial charge < -0.3 is 9.64 Å². The summed E-state index contributed by atoms with van der Waals surface area (Å²) in [6, 6.07) is 18.8. The maximum atomic E-state index is 13.9. The van der Waals surface area contributed by atoms with Gasteiger partial charge in [0, 0.05) is 17.8 Å². The summed E-state index contributed by atoms with van der Waals surface area (Å²) in [5.41, 5.74) is 2.33. The number of ether oxygens (including phenoxy) is 1. The SMILES string of the molecule is CCCCCCOc1c(C(=O)N2CCc3ccccc32)ccc2c1C(S(=O)(=O)c1ccccc1)CS2(O)O. The van der Waals surface area contributed by atoms with Crippen molar-refractivity contribution in [3.63, 3.8) is 0 Å². The Kier molecular flexibility index (Phi) is 7.55. The van der Waals surface area contributed by atoms with Gasteiger partial charge in [-0.05, 0) is 48.7 Å². The van der Waals surface area contributed by atoms with E-state index in [4.69, 9.17) is 4.74 Å². The van der Waals surface area contributed by atoms with Crippen molar-refractivity contribution < 1.29 is 27.1 Å². The lowest BCUT2D eigenvalue weighted by atomic mass is 10.0. The Labute approximate surface area is 225 Å². The molecule has 0 aliphatic carbocycles. The number of nitrogens with zero attached hydrogens (tertiary/aromatic N) is 1. The second-order valence-electron chi connectivity index (χ2n) is 9.78. The lowest BCUT2D eigenvalue weighted by Crippen LogP contribution is -2.30. The van der Waals surface area contributed by atoms with Crippen molar-refractivity contribution in [3.8, 4) is 5.75 Å². The van der Waals surface area contributed by atoms with Gasteiger partial charge in [0.25, 0.3) is 5.91 Å². The molecule has 0 spiro atoms. The monoisotopic (exact) mass is 555 g/mol. The molecule has 0 aromatic heterocycles. The molecule has 0 saturated heterocycles. The van der Waals surface area contributed by atoms with Crippen LogP contribution in [0.4, 0.5) is 5.69 Å². The van der Waals surface area contributed by atoms with Crippen LogP contribution in [-0.2, 0) is 16.3 Å². The van der Waals surface area contributed by atoms with Gasteiger partial charge in [0.2, 0.25) is 0 Å². The third kappa shape index (κ3) is 4.84. The third-order valence-corrected chi connectivity index (χ3v) is 11.4. The quantitative estimate of drug-likeness (QED) is 0.293. The van der Waals surface area contributed by atoms with Crippen LogP contribution in [0.3, 0.4) is 0 Å². The summed E-state index contributed by atoms with van der Waals surface area (Å²) in [4.78, 5) is 15.9. The summed E-state index contributed by atoms with van der Waals surface area (Å²) in [7, 11) is -7.40. The third-order valence-electron chi connectivity index (χ3n) is 7.27. The molecule has 2 aliphatic rings. The van der Waals surface area contributed by atoms with Gasteiger partial charge in [-0.25, -0.2) is 8.42 Å². The van der Waals surface area contributed by atoms with E-state index in [2.05, 4.69) is 6.92 Å². The lowest BCUT2D eigenvalue weighted by Gasteiger charge is -2.28. The van der Waals surface area contributed by atoms with E-state index in [9.17, 15) is 22.3 Å². The highest BCUT2D eigenvalue weighted by Crippen LogP contribution is 2.64. The maximum Gasteiger partial charge on any atom is 0.262 e. The molecular weight excluding hydrogens is 522 g/mol. The van der Waals surface area contributed by atoms with Crippen molar-refractivity contribution in [1.82, 2.24) is 0 Å². The van der Waals surface area contributed by atoms with E-state index >= 15 is 0 Å². The summed E-state index contributed by atoms with van der Waals surface area (Å²) in [5, 5.41) is -1.24. The van der Waals surface area contributed by atoms with Gasteiger partial charge in [-0.1, -0.05) is 62.6 Å². The van der Waals surface area contributed by atoms with Crippen LogP contribution >= 0.6 is 10.6 Å². The number of amides is 1. The zero-order chi connectivity index (χ0) is 26.9. The lowest BCUT2D eigenvalue weighted by molar-refractivity contribution is 0.0985. The first-order valence-corrected chi connectivity index (χ1v) is 16.3. The van der Waals surface area contributed by atoms with Crippen molar-refractivity contribution in [2.75, 3.05) is 23.8 Å². The van der Waals surface area contributed by atoms with E-state index in [-0.39, 0.29) is 38.3 Å². The number of para-hydroxylation sites is 1. The molecule has 3 aromatic carbocycles.